The molecule has 0 radical (unpaired) electrons. The Bertz CT molecular complexity index is 613. The summed E-state index contributed by atoms with van der Waals surface area (Å²) >= 11 is 0. The van der Waals surface area contributed by atoms with Crippen molar-refractivity contribution >= 4 is 15.8 Å². The largest absolute Gasteiger partial charge is 0.295 e. The van der Waals surface area contributed by atoms with Gasteiger partial charge in [-0.2, -0.15) is 8.42 Å². The Kier molecular flexibility index (Phi) is 3.16. The monoisotopic (exact) mass is 258 g/mol. The number of rotatable bonds is 5. The molecule has 0 saturated carbocycles. The molecule has 7 nitrogen and oxygen atoms in total. The molecule has 0 aromatic carbocycles. The van der Waals surface area contributed by atoms with Gasteiger partial charge < -0.3 is 0 Å². The molecule has 0 spiro atoms. The van der Waals surface area contributed by atoms with Crippen molar-refractivity contribution in [3.63, 3.8) is 0 Å². The number of unbranched alkanes of at least 4 members (excludes halogenated alkanes) is 1. The zero-order chi connectivity index (χ0) is 12.5. The molecule has 0 unspecified atom stereocenters. The highest BCUT2D eigenvalue weighted by Crippen LogP contribution is 2.08. The molecule has 2 heterocycles. The van der Waals surface area contributed by atoms with Gasteiger partial charge in [0.25, 0.3) is 10.1 Å². The average Bonchev–Trinajstić information content (AvgIpc) is 2.75. The molecule has 0 amide bonds. The number of hydrogen-bond donors (Lipinski definition) is 2. The van der Waals surface area contributed by atoms with Gasteiger partial charge in [0, 0.05) is 11.8 Å². The van der Waals surface area contributed by atoms with Gasteiger partial charge >= 0.3 is 0 Å². The van der Waals surface area contributed by atoms with Crippen LogP contribution in [0.5, 0.6) is 0 Å². The maximum atomic E-state index is 10.5. The molecule has 8 heteroatoms. The second kappa shape index (κ2) is 4.46. The number of nitrogens with zero attached hydrogens (tertiary/aromatic N) is 3. The van der Waals surface area contributed by atoms with E-state index in [9.17, 15) is 8.42 Å². The Morgan fingerprint density at radius 2 is 2.18 bits per heavy atom. The molecule has 0 aliphatic carbocycles. The van der Waals surface area contributed by atoms with Gasteiger partial charge in [0.2, 0.25) is 0 Å². The number of aryl methyl sites for hydroxylation is 2. The number of H-pyrrole nitrogens is 1. The van der Waals surface area contributed by atoms with E-state index >= 15 is 0 Å². The number of aromatic amines is 1. The Morgan fingerprint density at radius 3 is 2.82 bits per heavy atom. The molecule has 0 fully saturated rings. The van der Waals surface area contributed by atoms with Gasteiger partial charge in [-0.05, 0) is 26.2 Å². The van der Waals surface area contributed by atoms with Crippen molar-refractivity contribution in [3.05, 3.63) is 17.6 Å². The van der Waals surface area contributed by atoms with Crippen LogP contribution in [0.4, 0.5) is 0 Å². The quantitative estimate of drug-likeness (QED) is 0.603. The van der Waals surface area contributed by atoms with Crippen LogP contribution in [0.3, 0.4) is 0 Å². The van der Waals surface area contributed by atoms with Gasteiger partial charge in [-0.1, -0.05) is 0 Å². The summed E-state index contributed by atoms with van der Waals surface area (Å²) in [6.07, 6.45) is 1.85. The van der Waals surface area contributed by atoms with Gasteiger partial charge in [-0.3, -0.25) is 9.65 Å². The van der Waals surface area contributed by atoms with E-state index in [1.165, 1.54) is 0 Å². The SMILES string of the molecule is Cc1nnc2cc(CCCCS(=O)(=O)O)[nH]n12. The summed E-state index contributed by atoms with van der Waals surface area (Å²) in [5.41, 5.74) is 1.74. The number of hydrogen-bond acceptors (Lipinski definition) is 4. The molecule has 0 atom stereocenters. The van der Waals surface area contributed by atoms with Gasteiger partial charge in [0.1, 0.15) is 5.82 Å². The van der Waals surface area contributed by atoms with Crippen molar-refractivity contribution < 1.29 is 13.0 Å². The van der Waals surface area contributed by atoms with Crippen LogP contribution in [-0.4, -0.2) is 38.5 Å². The summed E-state index contributed by atoms with van der Waals surface area (Å²) in [6.45, 7) is 1.85. The highest BCUT2D eigenvalue weighted by molar-refractivity contribution is 7.85. The first kappa shape index (κ1) is 12.1. The molecule has 94 valence electrons. The van der Waals surface area contributed by atoms with E-state index < -0.39 is 10.1 Å². The fourth-order valence-corrected chi connectivity index (χ4v) is 2.24. The van der Waals surface area contributed by atoms with Crippen LogP contribution in [0.2, 0.25) is 0 Å². The smallest absolute Gasteiger partial charge is 0.264 e. The molecule has 2 rings (SSSR count). The van der Waals surface area contributed by atoms with Crippen LogP contribution < -0.4 is 0 Å². The average molecular weight is 258 g/mol. The third-order valence-corrected chi connectivity index (χ3v) is 3.31. The lowest BCUT2D eigenvalue weighted by atomic mass is 10.2. The Balaban J connectivity index is 1.91. The number of aromatic nitrogens is 4. The molecule has 2 aromatic heterocycles. The molecular weight excluding hydrogens is 244 g/mol. The first-order valence-electron chi connectivity index (χ1n) is 5.30. The van der Waals surface area contributed by atoms with Crippen LogP contribution in [0.1, 0.15) is 24.4 Å². The summed E-state index contributed by atoms with van der Waals surface area (Å²) < 4.78 is 31.4. The van der Waals surface area contributed by atoms with Gasteiger partial charge in [-0.25, -0.2) is 4.52 Å². The summed E-state index contributed by atoms with van der Waals surface area (Å²) in [4.78, 5) is 0. The van der Waals surface area contributed by atoms with Crippen molar-refractivity contribution in [2.45, 2.75) is 26.2 Å². The minimum absolute atomic E-state index is 0.189. The first-order chi connectivity index (χ1) is 7.96. The fourth-order valence-electron chi connectivity index (χ4n) is 1.67. The highest BCUT2D eigenvalue weighted by atomic mass is 32.2. The molecule has 0 aliphatic heterocycles. The predicted molar refractivity (Wildman–Crippen MR) is 61.4 cm³/mol. The summed E-state index contributed by atoms with van der Waals surface area (Å²) in [7, 11) is -3.84. The second-order valence-corrected chi connectivity index (χ2v) is 5.54. The van der Waals surface area contributed by atoms with Crippen LogP contribution >= 0.6 is 0 Å². The molecule has 2 N–H and O–H groups in total. The predicted octanol–water partition coefficient (Wildman–Crippen LogP) is 0.576. The van der Waals surface area contributed by atoms with E-state index in [4.69, 9.17) is 4.55 Å². The van der Waals surface area contributed by atoms with Crippen LogP contribution in [-0.2, 0) is 16.5 Å². The fraction of sp³-hybridized carbons (Fsp3) is 0.556. The van der Waals surface area contributed by atoms with Crippen molar-refractivity contribution in [3.8, 4) is 0 Å². The number of nitrogens with one attached hydrogen (secondary N) is 1. The molecular formula is C9H14N4O3S. The van der Waals surface area contributed by atoms with Crippen LogP contribution in [0.25, 0.3) is 5.65 Å². The third kappa shape index (κ3) is 3.04. The molecule has 0 bridgehead atoms. The Labute approximate surface area is 98.6 Å². The second-order valence-electron chi connectivity index (χ2n) is 3.97. The van der Waals surface area contributed by atoms with E-state index in [0.29, 0.717) is 12.8 Å². The molecule has 17 heavy (non-hydrogen) atoms. The minimum Gasteiger partial charge on any atom is -0.295 e. The molecule has 2 aromatic rings. The molecule has 0 saturated heterocycles. The lowest BCUT2D eigenvalue weighted by Gasteiger charge is -1.97. The van der Waals surface area contributed by atoms with E-state index in [0.717, 1.165) is 23.6 Å². The lowest BCUT2D eigenvalue weighted by molar-refractivity contribution is 0.480. The normalized spacial score (nSPS) is 12.4. The maximum absolute atomic E-state index is 10.5. The van der Waals surface area contributed by atoms with E-state index in [2.05, 4.69) is 15.3 Å². The van der Waals surface area contributed by atoms with Crippen LogP contribution in [0, 0.1) is 6.92 Å². The maximum Gasteiger partial charge on any atom is 0.264 e. The van der Waals surface area contributed by atoms with Crippen molar-refractivity contribution in [2.24, 2.45) is 0 Å². The third-order valence-electron chi connectivity index (χ3n) is 2.51. The summed E-state index contributed by atoms with van der Waals surface area (Å²) in [5, 5.41) is 11.0. The standard InChI is InChI=1S/C9H14N4O3S/c1-7-10-11-9-6-8(12-13(7)9)4-2-3-5-17(14,15)16/h6,12H,2-5H2,1H3,(H,14,15,16). The van der Waals surface area contributed by atoms with E-state index in [1.54, 1.807) is 4.52 Å². The lowest BCUT2D eigenvalue weighted by Crippen LogP contribution is -2.04. The Hall–Kier alpha value is -1.41. The molecule has 0 aliphatic rings. The van der Waals surface area contributed by atoms with E-state index in [-0.39, 0.29) is 5.75 Å². The first-order valence-corrected chi connectivity index (χ1v) is 6.91. The summed E-state index contributed by atoms with van der Waals surface area (Å²) in [5.74, 6) is 0.593. The van der Waals surface area contributed by atoms with Crippen molar-refractivity contribution in [2.75, 3.05) is 5.75 Å². The van der Waals surface area contributed by atoms with E-state index in [1.807, 2.05) is 13.0 Å². The van der Waals surface area contributed by atoms with Gasteiger partial charge in [-0.15, -0.1) is 10.2 Å². The van der Waals surface area contributed by atoms with Crippen molar-refractivity contribution in [1.29, 1.82) is 0 Å². The number of fused-ring (bicyclic) bond motifs is 1. The zero-order valence-electron chi connectivity index (χ0n) is 9.42. The topological polar surface area (TPSA) is 100 Å². The van der Waals surface area contributed by atoms with Gasteiger partial charge in [0.05, 0.1) is 5.75 Å². The van der Waals surface area contributed by atoms with Gasteiger partial charge in [0.15, 0.2) is 5.65 Å². The zero-order valence-corrected chi connectivity index (χ0v) is 10.2. The van der Waals surface area contributed by atoms with Crippen LogP contribution in [0.15, 0.2) is 6.07 Å². The Morgan fingerprint density at radius 1 is 1.41 bits per heavy atom. The summed E-state index contributed by atoms with van der Waals surface area (Å²) in [6, 6.07) is 1.88. The van der Waals surface area contributed by atoms with Crippen molar-refractivity contribution in [1.82, 2.24) is 19.8 Å². The highest BCUT2D eigenvalue weighted by Gasteiger charge is 2.07. The minimum atomic E-state index is -3.84.